The summed E-state index contributed by atoms with van der Waals surface area (Å²) >= 11 is 0.946. The van der Waals surface area contributed by atoms with Gasteiger partial charge >= 0.3 is 0 Å². The Labute approximate surface area is 226 Å². The molecule has 3 aromatic carbocycles. The first-order chi connectivity index (χ1) is 18.5. The molecule has 3 aromatic rings. The van der Waals surface area contributed by atoms with E-state index in [2.05, 4.69) is 17.0 Å². The van der Waals surface area contributed by atoms with Crippen LogP contribution in [0.5, 0.6) is 5.75 Å². The van der Waals surface area contributed by atoms with Crippen LogP contribution in [0.4, 0.5) is 4.79 Å². The van der Waals surface area contributed by atoms with Gasteiger partial charge in [0.1, 0.15) is 5.75 Å². The van der Waals surface area contributed by atoms with E-state index in [1.54, 1.807) is 30.3 Å². The fourth-order valence-corrected chi connectivity index (χ4v) is 4.88. The summed E-state index contributed by atoms with van der Waals surface area (Å²) in [5, 5.41) is 17.9. The summed E-state index contributed by atoms with van der Waals surface area (Å²) in [6.07, 6.45) is 1.73. The number of carbonyl (C=O) groups is 2. The molecule has 0 spiro atoms. The van der Waals surface area contributed by atoms with Crippen LogP contribution >= 0.6 is 11.8 Å². The zero-order valence-electron chi connectivity index (χ0n) is 21.0. The number of thioether (sulfide) groups is 1. The molecule has 1 aliphatic rings. The molecule has 0 radical (unpaired) electrons. The molecule has 1 saturated heterocycles. The van der Waals surface area contributed by atoms with Crippen LogP contribution in [0, 0.1) is 22.7 Å². The molecule has 0 aliphatic carbocycles. The summed E-state index contributed by atoms with van der Waals surface area (Å²) in [7, 11) is 0. The van der Waals surface area contributed by atoms with E-state index in [1.165, 1.54) is 4.90 Å². The number of amides is 2. The van der Waals surface area contributed by atoms with Crippen LogP contribution in [-0.4, -0.2) is 40.6 Å². The second-order valence-corrected chi connectivity index (χ2v) is 9.66. The third kappa shape index (κ3) is 6.89. The van der Waals surface area contributed by atoms with Crippen LogP contribution in [0.1, 0.15) is 34.7 Å². The van der Waals surface area contributed by atoms with E-state index in [0.717, 1.165) is 34.2 Å². The van der Waals surface area contributed by atoms with Crippen LogP contribution in [0.3, 0.4) is 0 Å². The lowest BCUT2D eigenvalue weighted by Gasteiger charge is -2.25. The largest absolute Gasteiger partial charge is 0.494 e. The van der Waals surface area contributed by atoms with Crippen molar-refractivity contribution in [1.82, 2.24) is 9.80 Å². The SMILES string of the molecule is CCOc1ccc(/C=C2\SC(=O)N(CCN(Cc3ccc(C#N)cc3)Cc3ccc(C#N)cc3)C2=O)cc1. The average molecular weight is 523 g/mol. The lowest BCUT2D eigenvalue weighted by Crippen LogP contribution is -2.37. The number of hydrogen-bond acceptors (Lipinski definition) is 7. The van der Waals surface area contributed by atoms with Crippen molar-refractivity contribution < 1.29 is 14.3 Å². The first-order valence-electron chi connectivity index (χ1n) is 12.2. The van der Waals surface area contributed by atoms with Gasteiger partial charge in [0.15, 0.2) is 0 Å². The number of carbonyl (C=O) groups excluding carboxylic acids is 2. The maximum Gasteiger partial charge on any atom is 0.293 e. The maximum atomic E-state index is 13.1. The molecule has 1 aliphatic heterocycles. The highest BCUT2D eigenvalue weighted by Crippen LogP contribution is 2.32. The lowest BCUT2D eigenvalue weighted by molar-refractivity contribution is -0.122. The minimum atomic E-state index is -0.300. The molecule has 0 atom stereocenters. The molecule has 0 aromatic heterocycles. The Kier molecular flexibility index (Phi) is 8.94. The van der Waals surface area contributed by atoms with Gasteiger partial charge in [-0.05, 0) is 77.9 Å². The quantitative estimate of drug-likeness (QED) is 0.321. The highest BCUT2D eigenvalue weighted by Gasteiger charge is 2.35. The van der Waals surface area contributed by atoms with Gasteiger partial charge in [0.05, 0.1) is 34.8 Å². The molecule has 0 bridgehead atoms. The van der Waals surface area contributed by atoms with Gasteiger partial charge in [-0.15, -0.1) is 0 Å². The zero-order chi connectivity index (χ0) is 26.9. The molecule has 1 heterocycles. The van der Waals surface area contributed by atoms with Crippen molar-refractivity contribution in [3.63, 3.8) is 0 Å². The van der Waals surface area contributed by atoms with Gasteiger partial charge in [-0.2, -0.15) is 10.5 Å². The normalized spacial score (nSPS) is 14.1. The van der Waals surface area contributed by atoms with Gasteiger partial charge in [-0.1, -0.05) is 36.4 Å². The monoisotopic (exact) mass is 522 g/mol. The van der Waals surface area contributed by atoms with Crippen molar-refractivity contribution in [1.29, 1.82) is 10.5 Å². The van der Waals surface area contributed by atoms with Crippen LogP contribution in [0.25, 0.3) is 6.08 Å². The molecule has 38 heavy (non-hydrogen) atoms. The molecule has 0 saturated carbocycles. The number of benzene rings is 3. The van der Waals surface area contributed by atoms with Crippen molar-refractivity contribution in [2.45, 2.75) is 20.0 Å². The molecule has 2 amide bonds. The lowest BCUT2D eigenvalue weighted by atomic mass is 10.1. The number of rotatable bonds is 10. The number of nitriles is 2. The van der Waals surface area contributed by atoms with Crippen molar-refractivity contribution in [3.8, 4) is 17.9 Å². The first-order valence-corrected chi connectivity index (χ1v) is 13.0. The summed E-state index contributed by atoms with van der Waals surface area (Å²) in [5.74, 6) is 0.452. The van der Waals surface area contributed by atoms with Crippen molar-refractivity contribution in [3.05, 3.63) is 106 Å². The highest BCUT2D eigenvalue weighted by molar-refractivity contribution is 8.18. The second-order valence-electron chi connectivity index (χ2n) is 8.66. The van der Waals surface area contributed by atoms with Crippen LogP contribution in [0.15, 0.2) is 77.7 Å². The van der Waals surface area contributed by atoms with Crippen molar-refractivity contribution in [2.24, 2.45) is 0 Å². The summed E-state index contributed by atoms with van der Waals surface area (Å²) in [6, 6.07) is 26.4. The maximum absolute atomic E-state index is 13.1. The molecular weight excluding hydrogens is 496 g/mol. The fourth-order valence-electron chi connectivity index (χ4n) is 4.01. The van der Waals surface area contributed by atoms with Gasteiger partial charge < -0.3 is 4.74 Å². The summed E-state index contributed by atoms with van der Waals surface area (Å²) in [5.41, 5.74) is 4.03. The van der Waals surface area contributed by atoms with E-state index in [9.17, 15) is 9.59 Å². The predicted molar refractivity (Wildman–Crippen MR) is 147 cm³/mol. The van der Waals surface area contributed by atoms with Crippen molar-refractivity contribution in [2.75, 3.05) is 19.7 Å². The Morgan fingerprint density at radius 2 is 1.42 bits per heavy atom. The van der Waals surface area contributed by atoms with Gasteiger partial charge in [-0.25, -0.2) is 0 Å². The number of imide groups is 1. The van der Waals surface area contributed by atoms with E-state index in [-0.39, 0.29) is 17.7 Å². The molecule has 190 valence electrons. The van der Waals surface area contributed by atoms with Gasteiger partial charge in [-0.3, -0.25) is 19.4 Å². The Bertz CT molecular complexity index is 1340. The van der Waals surface area contributed by atoms with Gasteiger partial charge in [0.25, 0.3) is 11.1 Å². The van der Waals surface area contributed by atoms with Gasteiger partial charge in [0.2, 0.25) is 0 Å². The van der Waals surface area contributed by atoms with Crippen LogP contribution < -0.4 is 4.74 Å². The van der Waals surface area contributed by atoms with E-state index in [4.69, 9.17) is 15.3 Å². The third-order valence-electron chi connectivity index (χ3n) is 5.98. The Hall–Kier alpha value is -4.37. The van der Waals surface area contributed by atoms with E-state index in [0.29, 0.717) is 42.3 Å². The van der Waals surface area contributed by atoms with Crippen LogP contribution in [-0.2, 0) is 17.9 Å². The number of hydrogen-bond donors (Lipinski definition) is 0. The zero-order valence-corrected chi connectivity index (χ0v) is 21.8. The standard InChI is InChI=1S/C30H26N4O3S/c1-2-37-27-13-11-22(12-14-27)17-28-29(35)34(30(36)38-28)16-15-33(20-25-7-3-23(18-31)4-8-25)21-26-9-5-24(19-32)6-10-26/h3-14,17H,2,15-16,20-21H2,1H3/b28-17-. The molecule has 4 rings (SSSR count). The topological polar surface area (TPSA) is 97.4 Å². The molecule has 8 heteroatoms. The third-order valence-corrected chi connectivity index (χ3v) is 6.89. The van der Waals surface area contributed by atoms with E-state index < -0.39 is 0 Å². The molecule has 0 unspecified atom stereocenters. The Morgan fingerprint density at radius 1 is 0.868 bits per heavy atom. The van der Waals surface area contributed by atoms with E-state index >= 15 is 0 Å². The summed E-state index contributed by atoms with van der Waals surface area (Å²) < 4.78 is 5.46. The highest BCUT2D eigenvalue weighted by atomic mass is 32.2. The van der Waals surface area contributed by atoms with Gasteiger partial charge in [0, 0.05) is 26.2 Å². The molecule has 1 fully saturated rings. The minimum Gasteiger partial charge on any atom is -0.494 e. The fraction of sp³-hybridized carbons (Fsp3) is 0.200. The molecule has 7 nitrogen and oxygen atoms in total. The number of nitrogens with zero attached hydrogens (tertiary/aromatic N) is 4. The Balaban J connectivity index is 1.46. The smallest absolute Gasteiger partial charge is 0.293 e. The first kappa shape index (κ1) is 26.7. The molecule has 0 N–H and O–H groups in total. The van der Waals surface area contributed by atoms with Crippen LogP contribution in [0.2, 0.25) is 0 Å². The average Bonchev–Trinajstić information content (AvgIpc) is 3.20. The molecular formula is C30H26N4O3S. The second kappa shape index (κ2) is 12.7. The predicted octanol–water partition coefficient (Wildman–Crippen LogP) is 5.57. The number of ether oxygens (including phenoxy) is 1. The summed E-state index contributed by atoms with van der Waals surface area (Å²) in [6.45, 7) is 4.35. The minimum absolute atomic E-state index is 0.248. The Morgan fingerprint density at radius 3 is 1.92 bits per heavy atom. The summed E-state index contributed by atoms with van der Waals surface area (Å²) in [4.78, 5) is 29.6. The van der Waals surface area contributed by atoms with Crippen molar-refractivity contribution >= 4 is 29.0 Å². The van der Waals surface area contributed by atoms with E-state index in [1.807, 2.05) is 55.5 Å².